The number of hydrogen-bond donors (Lipinski definition) is 2. The molecule has 2 amide bonds. The molecule has 25 heavy (non-hydrogen) atoms. The normalized spacial score (nSPS) is 13.0. The molecule has 128 valence electrons. The van der Waals surface area contributed by atoms with Crippen molar-refractivity contribution in [3.63, 3.8) is 0 Å². The highest BCUT2D eigenvalue weighted by molar-refractivity contribution is 7.16. The Balaban J connectivity index is 1.69. The van der Waals surface area contributed by atoms with Gasteiger partial charge < -0.3 is 15.3 Å². The molecule has 0 saturated carbocycles. The highest BCUT2D eigenvalue weighted by Gasteiger charge is 2.27. The molecule has 1 aliphatic rings. The summed E-state index contributed by atoms with van der Waals surface area (Å²) in [6.45, 7) is 0.638. The predicted molar refractivity (Wildman–Crippen MR) is 94.6 cm³/mol. The molecule has 0 fully saturated rings. The van der Waals surface area contributed by atoms with Crippen LogP contribution in [0.15, 0.2) is 30.3 Å². The molecule has 0 bridgehead atoms. The number of nitrogens with one attached hydrogen (secondary N) is 1. The zero-order valence-corrected chi connectivity index (χ0v) is 14.3. The fourth-order valence-electron chi connectivity index (χ4n) is 2.86. The van der Waals surface area contributed by atoms with Crippen molar-refractivity contribution in [2.24, 2.45) is 0 Å². The number of carbonyl (C=O) groups is 2. The van der Waals surface area contributed by atoms with Gasteiger partial charge in [-0.25, -0.2) is 4.79 Å². The summed E-state index contributed by atoms with van der Waals surface area (Å²) in [5.41, 5.74) is 2.42. The van der Waals surface area contributed by atoms with E-state index in [1.807, 2.05) is 30.3 Å². The fourth-order valence-corrected chi connectivity index (χ4v) is 4.09. The topological polar surface area (TPSA) is 93.4 Å². The second-order valence-corrected chi connectivity index (χ2v) is 6.91. The molecule has 6 nitrogen and oxygen atoms in total. The van der Waals surface area contributed by atoms with Gasteiger partial charge in [-0.1, -0.05) is 30.3 Å². The number of anilines is 1. The number of amides is 2. The Hall–Kier alpha value is -2.85. The maximum atomic E-state index is 12.2. The Morgan fingerprint density at radius 1 is 1.32 bits per heavy atom. The van der Waals surface area contributed by atoms with Gasteiger partial charge in [0.2, 0.25) is 5.91 Å². The van der Waals surface area contributed by atoms with Gasteiger partial charge in [-0.3, -0.25) is 4.79 Å². The van der Waals surface area contributed by atoms with Crippen LogP contribution in [0.3, 0.4) is 0 Å². The molecular formula is C18H17N3O3S. The van der Waals surface area contributed by atoms with E-state index in [0.717, 1.165) is 16.0 Å². The number of rotatable bonds is 4. The number of thiophene rings is 1. The third kappa shape index (κ3) is 3.80. The lowest BCUT2D eigenvalue weighted by molar-refractivity contribution is -0.116. The molecule has 0 radical (unpaired) electrons. The maximum Gasteiger partial charge on any atom is 0.407 e. The van der Waals surface area contributed by atoms with Crippen molar-refractivity contribution in [2.45, 2.75) is 25.8 Å². The summed E-state index contributed by atoms with van der Waals surface area (Å²) in [6.07, 6.45) is 0.498. The van der Waals surface area contributed by atoms with Crippen LogP contribution in [0, 0.1) is 11.3 Å². The molecule has 1 aromatic heterocycles. The predicted octanol–water partition coefficient (Wildman–Crippen LogP) is 3.23. The number of nitriles is 1. The Morgan fingerprint density at radius 3 is 2.76 bits per heavy atom. The summed E-state index contributed by atoms with van der Waals surface area (Å²) in [5.74, 6) is -0.144. The number of carboxylic acid groups (broad SMARTS) is 1. The largest absolute Gasteiger partial charge is 0.465 e. The summed E-state index contributed by atoms with van der Waals surface area (Å²) in [4.78, 5) is 25.5. The summed E-state index contributed by atoms with van der Waals surface area (Å²) in [7, 11) is 0. The number of nitrogens with zero attached hydrogens (tertiary/aromatic N) is 2. The van der Waals surface area contributed by atoms with Gasteiger partial charge in [0, 0.05) is 17.8 Å². The van der Waals surface area contributed by atoms with Crippen molar-refractivity contribution >= 4 is 28.3 Å². The van der Waals surface area contributed by atoms with Gasteiger partial charge in [-0.05, 0) is 24.0 Å². The van der Waals surface area contributed by atoms with Crippen molar-refractivity contribution in [1.82, 2.24) is 4.90 Å². The van der Waals surface area contributed by atoms with Gasteiger partial charge in [0.25, 0.3) is 0 Å². The quantitative estimate of drug-likeness (QED) is 0.880. The van der Waals surface area contributed by atoms with Crippen LogP contribution in [0.4, 0.5) is 9.80 Å². The molecular weight excluding hydrogens is 338 g/mol. The third-order valence-corrected chi connectivity index (χ3v) is 5.31. The van der Waals surface area contributed by atoms with Gasteiger partial charge in [0.05, 0.1) is 12.1 Å². The molecule has 2 N–H and O–H groups in total. The molecule has 0 aliphatic carbocycles. The van der Waals surface area contributed by atoms with E-state index in [1.165, 1.54) is 16.2 Å². The number of hydrogen-bond acceptors (Lipinski definition) is 4. The van der Waals surface area contributed by atoms with E-state index in [-0.39, 0.29) is 12.5 Å². The molecule has 1 aromatic carbocycles. The summed E-state index contributed by atoms with van der Waals surface area (Å²) in [5, 5.41) is 21.9. The van der Waals surface area contributed by atoms with E-state index in [1.54, 1.807) is 0 Å². The molecule has 7 heteroatoms. The SMILES string of the molecule is N#Cc1c(NC(=O)CCc2ccccc2)sc2c1CCN(C(=O)O)C2. The first-order valence-corrected chi connectivity index (χ1v) is 8.76. The minimum atomic E-state index is -0.967. The first kappa shape index (κ1) is 17.0. The molecule has 1 aliphatic heterocycles. The Morgan fingerprint density at radius 2 is 2.08 bits per heavy atom. The van der Waals surface area contributed by atoms with E-state index in [4.69, 9.17) is 5.11 Å². The van der Waals surface area contributed by atoms with Crippen molar-refractivity contribution < 1.29 is 14.7 Å². The average Bonchev–Trinajstić information content (AvgIpc) is 2.96. The number of carbonyl (C=O) groups excluding carboxylic acids is 1. The van der Waals surface area contributed by atoms with Gasteiger partial charge in [0.1, 0.15) is 11.1 Å². The first-order chi connectivity index (χ1) is 12.1. The second-order valence-electron chi connectivity index (χ2n) is 5.81. The van der Waals surface area contributed by atoms with E-state index in [2.05, 4.69) is 11.4 Å². The summed E-state index contributed by atoms with van der Waals surface area (Å²) in [6, 6.07) is 11.9. The summed E-state index contributed by atoms with van der Waals surface area (Å²) >= 11 is 1.30. The molecule has 0 atom stereocenters. The molecule has 2 heterocycles. The molecule has 0 saturated heterocycles. The van der Waals surface area contributed by atoms with Crippen molar-refractivity contribution in [1.29, 1.82) is 5.26 Å². The second kappa shape index (κ2) is 7.36. The van der Waals surface area contributed by atoms with Crippen LogP contribution in [0.5, 0.6) is 0 Å². The van der Waals surface area contributed by atoms with Crippen LogP contribution >= 0.6 is 11.3 Å². The van der Waals surface area contributed by atoms with Gasteiger partial charge in [-0.15, -0.1) is 11.3 Å². The van der Waals surface area contributed by atoms with E-state index in [9.17, 15) is 14.9 Å². The van der Waals surface area contributed by atoms with Crippen LogP contribution in [-0.4, -0.2) is 28.6 Å². The number of benzene rings is 1. The van der Waals surface area contributed by atoms with Crippen molar-refractivity contribution in [3.05, 3.63) is 51.9 Å². The number of fused-ring (bicyclic) bond motifs is 1. The zero-order chi connectivity index (χ0) is 17.8. The highest BCUT2D eigenvalue weighted by atomic mass is 32.1. The minimum absolute atomic E-state index is 0.144. The molecule has 0 unspecified atom stereocenters. The molecule has 2 aromatic rings. The lowest BCUT2D eigenvalue weighted by atomic mass is 10.0. The minimum Gasteiger partial charge on any atom is -0.465 e. The van der Waals surface area contributed by atoms with Crippen LogP contribution in [0.2, 0.25) is 0 Å². The monoisotopic (exact) mass is 355 g/mol. The van der Waals surface area contributed by atoms with E-state index < -0.39 is 6.09 Å². The fraction of sp³-hybridized carbons (Fsp3) is 0.278. The Bertz CT molecular complexity index is 839. The Kier molecular flexibility index (Phi) is 5.00. The molecule has 3 rings (SSSR count). The Labute approximate surface area is 149 Å². The van der Waals surface area contributed by atoms with Gasteiger partial charge in [-0.2, -0.15) is 5.26 Å². The standard InChI is InChI=1S/C18H17N3O3S/c19-10-14-13-8-9-21(18(23)24)11-15(13)25-17(14)20-16(22)7-6-12-4-2-1-3-5-12/h1-5H,6-9,11H2,(H,20,22)(H,23,24). The molecule has 0 spiro atoms. The lowest BCUT2D eigenvalue weighted by Crippen LogP contribution is -2.34. The first-order valence-electron chi connectivity index (χ1n) is 7.94. The van der Waals surface area contributed by atoms with Gasteiger partial charge >= 0.3 is 6.09 Å². The van der Waals surface area contributed by atoms with E-state index in [0.29, 0.717) is 36.4 Å². The lowest BCUT2D eigenvalue weighted by Gasteiger charge is -2.23. The third-order valence-electron chi connectivity index (χ3n) is 4.18. The van der Waals surface area contributed by atoms with Crippen molar-refractivity contribution in [2.75, 3.05) is 11.9 Å². The highest BCUT2D eigenvalue weighted by Crippen LogP contribution is 2.36. The smallest absolute Gasteiger partial charge is 0.407 e. The zero-order valence-electron chi connectivity index (χ0n) is 13.5. The van der Waals surface area contributed by atoms with Crippen LogP contribution in [0.1, 0.15) is 28.0 Å². The van der Waals surface area contributed by atoms with E-state index >= 15 is 0 Å². The summed E-state index contributed by atoms with van der Waals surface area (Å²) < 4.78 is 0. The van der Waals surface area contributed by atoms with Crippen LogP contribution in [-0.2, 0) is 24.2 Å². The van der Waals surface area contributed by atoms with Crippen molar-refractivity contribution in [3.8, 4) is 6.07 Å². The number of aryl methyl sites for hydroxylation is 1. The van der Waals surface area contributed by atoms with Crippen LogP contribution in [0.25, 0.3) is 0 Å². The maximum absolute atomic E-state index is 12.2. The van der Waals surface area contributed by atoms with Gasteiger partial charge in [0.15, 0.2) is 0 Å². The average molecular weight is 355 g/mol. The van der Waals surface area contributed by atoms with Crippen LogP contribution < -0.4 is 5.32 Å².